The summed E-state index contributed by atoms with van der Waals surface area (Å²) in [4.78, 5) is 24.0. The van der Waals surface area contributed by atoms with E-state index in [1.807, 2.05) is 0 Å². The molecule has 1 aliphatic heterocycles. The van der Waals surface area contributed by atoms with Gasteiger partial charge in [-0.1, -0.05) is 0 Å². The summed E-state index contributed by atoms with van der Waals surface area (Å²) in [5.41, 5.74) is -0.244. The second kappa shape index (κ2) is 6.27. The van der Waals surface area contributed by atoms with Crippen LogP contribution in [0.3, 0.4) is 0 Å². The van der Waals surface area contributed by atoms with Crippen molar-refractivity contribution in [3.8, 4) is 0 Å². The number of hydrogen-bond acceptors (Lipinski definition) is 4. The molecule has 6 heteroatoms. The Hall–Kier alpha value is -2.21. The van der Waals surface area contributed by atoms with Gasteiger partial charge in [-0.05, 0) is 37.0 Å². The van der Waals surface area contributed by atoms with Crippen LogP contribution in [0.15, 0.2) is 33.5 Å². The molecule has 1 atom stereocenters. The average Bonchev–Trinajstić information content (AvgIpc) is 2.54. The molecule has 5 nitrogen and oxygen atoms in total. The first-order valence-corrected chi connectivity index (χ1v) is 7.23. The molecule has 0 aliphatic carbocycles. The molecule has 0 spiro atoms. The van der Waals surface area contributed by atoms with E-state index in [-0.39, 0.29) is 22.6 Å². The Labute approximate surface area is 126 Å². The number of carbonyl (C=O) groups is 1. The maximum atomic E-state index is 13.1. The quantitative estimate of drug-likeness (QED) is 0.943. The summed E-state index contributed by atoms with van der Waals surface area (Å²) < 4.78 is 23.9. The molecular formula is C16H16FNO4. The molecule has 0 radical (unpaired) electrons. The first-order valence-electron chi connectivity index (χ1n) is 7.23. The molecule has 116 valence electrons. The van der Waals surface area contributed by atoms with Gasteiger partial charge in [0, 0.05) is 19.2 Å². The zero-order valence-electron chi connectivity index (χ0n) is 11.9. The van der Waals surface area contributed by atoms with E-state index in [1.54, 1.807) is 0 Å². The second-order valence-electron chi connectivity index (χ2n) is 5.41. The Morgan fingerprint density at radius 1 is 1.36 bits per heavy atom. The molecule has 3 rings (SSSR count). The molecule has 1 aliphatic rings. The normalized spacial score (nSPS) is 18.3. The Morgan fingerprint density at radius 3 is 3.00 bits per heavy atom. The average molecular weight is 305 g/mol. The van der Waals surface area contributed by atoms with Crippen molar-refractivity contribution in [3.05, 3.63) is 46.1 Å². The number of benzene rings is 1. The Kier molecular flexibility index (Phi) is 4.20. The SMILES string of the molecule is O=C(NCC1CCCOC1)c1cc(=O)c2cc(F)ccc2o1. The third kappa shape index (κ3) is 3.17. The lowest BCUT2D eigenvalue weighted by Crippen LogP contribution is -2.33. The highest BCUT2D eigenvalue weighted by Gasteiger charge is 2.17. The van der Waals surface area contributed by atoms with Crippen LogP contribution in [0.2, 0.25) is 0 Å². The molecule has 0 saturated carbocycles. The van der Waals surface area contributed by atoms with Crippen molar-refractivity contribution in [2.24, 2.45) is 5.92 Å². The summed E-state index contributed by atoms with van der Waals surface area (Å²) in [6, 6.07) is 4.72. The smallest absolute Gasteiger partial charge is 0.287 e. The largest absolute Gasteiger partial charge is 0.451 e. The monoisotopic (exact) mass is 305 g/mol. The number of halogens is 1. The number of amides is 1. The topological polar surface area (TPSA) is 68.5 Å². The molecule has 1 unspecified atom stereocenters. The van der Waals surface area contributed by atoms with E-state index in [4.69, 9.17) is 9.15 Å². The molecule has 22 heavy (non-hydrogen) atoms. The van der Waals surface area contributed by atoms with E-state index >= 15 is 0 Å². The van der Waals surface area contributed by atoms with Crippen molar-refractivity contribution in [3.63, 3.8) is 0 Å². The lowest BCUT2D eigenvalue weighted by molar-refractivity contribution is 0.0533. The van der Waals surface area contributed by atoms with Crippen LogP contribution in [0.5, 0.6) is 0 Å². The Morgan fingerprint density at radius 2 is 2.23 bits per heavy atom. The minimum atomic E-state index is -0.519. The molecule has 1 N–H and O–H groups in total. The molecule has 1 fully saturated rings. The standard InChI is InChI=1S/C16H16FNO4/c17-11-3-4-14-12(6-11)13(19)7-15(22-14)16(20)18-8-10-2-1-5-21-9-10/h3-4,6-7,10H,1-2,5,8-9H2,(H,18,20). The second-order valence-corrected chi connectivity index (χ2v) is 5.41. The van der Waals surface area contributed by atoms with Gasteiger partial charge in [-0.3, -0.25) is 9.59 Å². The van der Waals surface area contributed by atoms with Gasteiger partial charge in [0.05, 0.1) is 12.0 Å². The first kappa shape index (κ1) is 14.7. The van der Waals surface area contributed by atoms with E-state index in [0.29, 0.717) is 13.2 Å². The van der Waals surface area contributed by atoms with Crippen LogP contribution in [-0.4, -0.2) is 25.7 Å². The van der Waals surface area contributed by atoms with Gasteiger partial charge in [-0.25, -0.2) is 4.39 Å². The highest BCUT2D eigenvalue weighted by atomic mass is 19.1. The van der Waals surface area contributed by atoms with Gasteiger partial charge in [0.1, 0.15) is 11.4 Å². The van der Waals surface area contributed by atoms with Crippen molar-refractivity contribution < 1.29 is 18.3 Å². The van der Waals surface area contributed by atoms with Gasteiger partial charge in [-0.2, -0.15) is 0 Å². The van der Waals surface area contributed by atoms with Crippen LogP contribution in [-0.2, 0) is 4.74 Å². The van der Waals surface area contributed by atoms with Gasteiger partial charge in [-0.15, -0.1) is 0 Å². The number of hydrogen-bond donors (Lipinski definition) is 1. The molecule has 2 heterocycles. The number of rotatable bonds is 3. The van der Waals surface area contributed by atoms with Crippen molar-refractivity contribution in [1.29, 1.82) is 0 Å². The lowest BCUT2D eigenvalue weighted by atomic mass is 10.0. The first-order chi connectivity index (χ1) is 10.6. The fraction of sp³-hybridized carbons (Fsp3) is 0.375. The summed E-state index contributed by atoms with van der Waals surface area (Å²) in [6.07, 6.45) is 1.98. The molecule has 1 amide bonds. The van der Waals surface area contributed by atoms with Gasteiger partial charge in [0.2, 0.25) is 0 Å². The van der Waals surface area contributed by atoms with Gasteiger partial charge in [0.15, 0.2) is 11.2 Å². The van der Waals surface area contributed by atoms with Crippen LogP contribution < -0.4 is 10.7 Å². The number of carbonyl (C=O) groups excluding carboxylic acids is 1. The predicted octanol–water partition coefficient (Wildman–Crippen LogP) is 2.09. The fourth-order valence-corrected chi connectivity index (χ4v) is 2.53. The van der Waals surface area contributed by atoms with E-state index in [2.05, 4.69) is 5.32 Å². The highest BCUT2D eigenvalue weighted by Crippen LogP contribution is 2.15. The number of fused-ring (bicyclic) bond motifs is 1. The van der Waals surface area contributed by atoms with Gasteiger partial charge >= 0.3 is 0 Å². The van der Waals surface area contributed by atoms with Crippen molar-refractivity contribution in [1.82, 2.24) is 5.32 Å². The zero-order chi connectivity index (χ0) is 15.5. The minimum Gasteiger partial charge on any atom is -0.451 e. The maximum Gasteiger partial charge on any atom is 0.287 e. The van der Waals surface area contributed by atoms with Crippen molar-refractivity contribution in [2.75, 3.05) is 19.8 Å². The fourth-order valence-electron chi connectivity index (χ4n) is 2.53. The summed E-state index contributed by atoms with van der Waals surface area (Å²) in [5.74, 6) is -0.761. The summed E-state index contributed by atoms with van der Waals surface area (Å²) >= 11 is 0. The number of ether oxygens (including phenoxy) is 1. The molecule has 1 aromatic carbocycles. The van der Waals surface area contributed by atoms with E-state index in [1.165, 1.54) is 12.1 Å². The molecule has 1 saturated heterocycles. The third-order valence-corrected chi connectivity index (χ3v) is 3.72. The molecular weight excluding hydrogens is 289 g/mol. The Balaban J connectivity index is 1.76. The summed E-state index contributed by atoms with van der Waals surface area (Å²) in [6.45, 7) is 1.87. The molecule has 1 aromatic heterocycles. The van der Waals surface area contributed by atoms with E-state index < -0.39 is 17.2 Å². The molecule has 2 aromatic rings. The van der Waals surface area contributed by atoms with Crippen LogP contribution in [0.4, 0.5) is 4.39 Å². The van der Waals surface area contributed by atoms with Gasteiger partial charge < -0.3 is 14.5 Å². The lowest BCUT2D eigenvalue weighted by Gasteiger charge is -2.21. The van der Waals surface area contributed by atoms with Crippen LogP contribution >= 0.6 is 0 Å². The molecule has 0 bridgehead atoms. The number of nitrogens with one attached hydrogen (secondary N) is 1. The third-order valence-electron chi connectivity index (χ3n) is 3.72. The Bertz CT molecular complexity index is 749. The van der Waals surface area contributed by atoms with Crippen LogP contribution in [0, 0.1) is 11.7 Å². The highest BCUT2D eigenvalue weighted by molar-refractivity contribution is 5.93. The van der Waals surface area contributed by atoms with Crippen molar-refractivity contribution >= 4 is 16.9 Å². The minimum absolute atomic E-state index is 0.0687. The zero-order valence-corrected chi connectivity index (χ0v) is 11.9. The van der Waals surface area contributed by atoms with Gasteiger partial charge in [0.25, 0.3) is 5.91 Å². The van der Waals surface area contributed by atoms with Crippen molar-refractivity contribution in [2.45, 2.75) is 12.8 Å². The van der Waals surface area contributed by atoms with E-state index in [9.17, 15) is 14.0 Å². The predicted molar refractivity (Wildman–Crippen MR) is 78.3 cm³/mol. The summed E-state index contributed by atoms with van der Waals surface area (Å²) in [5, 5.41) is 2.87. The van der Waals surface area contributed by atoms with Crippen LogP contribution in [0.25, 0.3) is 11.0 Å². The van der Waals surface area contributed by atoms with E-state index in [0.717, 1.165) is 31.6 Å². The van der Waals surface area contributed by atoms with Crippen LogP contribution in [0.1, 0.15) is 23.4 Å². The maximum absolute atomic E-state index is 13.1. The summed E-state index contributed by atoms with van der Waals surface area (Å²) in [7, 11) is 0.